The van der Waals surface area contributed by atoms with Crippen molar-refractivity contribution >= 4 is 23.9 Å². The maximum absolute atomic E-state index is 11.8. The van der Waals surface area contributed by atoms with E-state index >= 15 is 0 Å². The number of nitrogens with one attached hydrogen (secondary N) is 4. The number of fused-ring (bicyclic) bond motifs is 2. The minimum atomic E-state index is -0.717. The standard InChI is InChI=1S/C10H14N6O4/c1-3(17)15-5-7(13-9(19)11-5)16(4(2)18)8-6(15)12-10(20)14-8/h5-8H,1-2H3,(H2,11,13,19)(H2,12,14,20)/t5-,6-,7-,8+/m1/s1. The van der Waals surface area contributed by atoms with Gasteiger partial charge in [-0.1, -0.05) is 0 Å². The summed E-state index contributed by atoms with van der Waals surface area (Å²) in [6, 6.07) is -0.937. The molecular weight excluding hydrogens is 268 g/mol. The molecule has 0 saturated carbocycles. The lowest BCUT2D eigenvalue weighted by molar-refractivity contribution is -0.157. The molecule has 0 aromatic rings. The lowest BCUT2D eigenvalue weighted by Gasteiger charge is -2.48. The van der Waals surface area contributed by atoms with Crippen molar-refractivity contribution in [3.05, 3.63) is 0 Å². The molecule has 108 valence electrons. The zero-order valence-electron chi connectivity index (χ0n) is 10.8. The molecule has 10 nitrogen and oxygen atoms in total. The van der Waals surface area contributed by atoms with E-state index in [4.69, 9.17) is 0 Å². The maximum atomic E-state index is 11.8. The van der Waals surface area contributed by atoms with Gasteiger partial charge in [0.05, 0.1) is 0 Å². The van der Waals surface area contributed by atoms with E-state index in [1.807, 2.05) is 0 Å². The smallest absolute Gasteiger partial charge is 0.314 e. The second kappa shape index (κ2) is 3.99. The van der Waals surface area contributed by atoms with Gasteiger partial charge < -0.3 is 21.3 Å². The molecule has 0 aliphatic carbocycles. The molecule has 4 atom stereocenters. The predicted molar refractivity (Wildman–Crippen MR) is 63.5 cm³/mol. The summed E-state index contributed by atoms with van der Waals surface area (Å²) in [4.78, 5) is 49.4. The van der Waals surface area contributed by atoms with Crippen LogP contribution in [0.4, 0.5) is 9.59 Å². The summed E-state index contributed by atoms with van der Waals surface area (Å²) >= 11 is 0. The van der Waals surface area contributed by atoms with Crippen LogP contribution in [-0.4, -0.2) is 58.3 Å². The molecule has 3 fully saturated rings. The van der Waals surface area contributed by atoms with E-state index in [2.05, 4.69) is 21.3 Å². The fourth-order valence-corrected chi connectivity index (χ4v) is 2.95. The monoisotopic (exact) mass is 282 g/mol. The zero-order valence-corrected chi connectivity index (χ0v) is 10.8. The fourth-order valence-electron chi connectivity index (χ4n) is 2.95. The Balaban J connectivity index is 2.04. The average molecular weight is 282 g/mol. The number of piperazine rings is 1. The van der Waals surface area contributed by atoms with E-state index in [0.717, 1.165) is 0 Å². The van der Waals surface area contributed by atoms with Crippen LogP contribution in [0.15, 0.2) is 0 Å². The number of carbonyl (C=O) groups is 4. The first-order chi connectivity index (χ1) is 9.40. The van der Waals surface area contributed by atoms with Crippen molar-refractivity contribution in [1.82, 2.24) is 31.1 Å². The summed E-state index contributed by atoms with van der Waals surface area (Å²) in [6.07, 6.45) is -2.87. The summed E-state index contributed by atoms with van der Waals surface area (Å²) in [6.45, 7) is 2.68. The van der Waals surface area contributed by atoms with Crippen molar-refractivity contribution < 1.29 is 19.2 Å². The van der Waals surface area contributed by atoms with E-state index in [-0.39, 0.29) is 11.8 Å². The molecule has 4 N–H and O–H groups in total. The number of rotatable bonds is 0. The van der Waals surface area contributed by atoms with Gasteiger partial charge in [-0.3, -0.25) is 19.4 Å². The second-order valence-corrected chi connectivity index (χ2v) is 4.87. The van der Waals surface area contributed by atoms with E-state index in [9.17, 15) is 19.2 Å². The van der Waals surface area contributed by atoms with Crippen LogP contribution in [0.3, 0.4) is 0 Å². The SMILES string of the molecule is CC(=O)N1[C@@H]2NC(=O)N[C@@H]2N(C(C)=O)[C@H]2NC(=O)N[C@@H]21. The molecule has 0 aromatic heterocycles. The Morgan fingerprint density at radius 1 is 0.750 bits per heavy atom. The van der Waals surface area contributed by atoms with Crippen molar-refractivity contribution in [3.63, 3.8) is 0 Å². The third-order valence-corrected chi connectivity index (χ3v) is 3.64. The molecule has 10 heteroatoms. The molecule has 3 aliphatic rings. The van der Waals surface area contributed by atoms with Crippen LogP contribution in [0.5, 0.6) is 0 Å². The Bertz CT molecular complexity index is 448. The second-order valence-electron chi connectivity index (χ2n) is 4.87. The number of amides is 6. The minimum Gasteiger partial charge on any atom is -0.314 e. The summed E-state index contributed by atoms with van der Waals surface area (Å²) < 4.78 is 0. The first-order valence-electron chi connectivity index (χ1n) is 6.12. The van der Waals surface area contributed by atoms with Crippen molar-refractivity contribution in [2.75, 3.05) is 0 Å². The van der Waals surface area contributed by atoms with Gasteiger partial charge in [0.2, 0.25) is 11.8 Å². The van der Waals surface area contributed by atoms with Crippen LogP contribution in [-0.2, 0) is 9.59 Å². The topological polar surface area (TPSA) is 123 Å². The Morgan fingerprint density at radius 3 is 1.20 bits per heavy atom. The van der Waals surface area contributed by atoms with Crippen LogP contribution >= 0.6 is 0 Å². The average Bonchev–Trinajstić information content (AvgIpc) is 2.85. The number of hydrogen-bond acceptors (Lipinski definition) is 4. The number of carbonyl (C=O) groups excluding carboxylic acids is 4. The molecule has 3 heterocycles. The van der Waals surface area contributed by atoms with Crippen molar-refractivity contribution in [2.45, 2.75) is 38.5 Å². The first-order valence-corrected chi connectivity index (χ1v) is 6.12. The molecule has 3 saturated heterocycles. The molecular formula is C10H14N6O4. The molecule has 3 rings (SSSR count). The highest BCUT2D eigenvalue weighted by molar-refractivity contribution is 5.86. The van der Waals surface area contributed by atoms with Gasteiger partial charge >= 0.3 is 12.1 Å². The van der Waals surface area contributed by atoms with Gasteiger partial charge in [-0.25, -0.2) is 9.59 Å². The maximum Gasteiger partial charge on any atom is 0.318 e. The Labute approximate surface area is 113 Å². The highest BCUT2D eigenvalue weighted by Crippen LogP contribution is 2.27. The zero-order chi connectivity index (χ0) is 14.6. The van der Waals surface area contributed by atoms with Gasteiger partial charge in [-0.2, -0.15) is 0 Å². The Hall–Kier alpha value is -2.52. The van der Waals surface area contributed by atoms with Crippen molar-refractivity contribution in [1.29, 1.82) is 0 Å². The van der Waals surface area contributed by atoms with Crippen LogP contribution < -0.4 is 21.3 Å². The van der Waals surface area contributed by atoms with E-state index in [0.29, 0.717) is 0 Å². The van der Waals surface area contributed by atoms with Crippen LogP contribution in [0.25, 0.3) is 0 Å². The van der Waals surface area contributed by atoms with E-state index in [1.54, 1.807) is 0 Å². The first kappa shape index (κ1) is 12.5. The van der Waals surface area contributed by atoms with Gasteiger partial charge in [-0.15, -0.1) is 0 Å². The highest BCUT2D eigenvalue weighted by Gasteiger charge is 2.56. The summed E-state index contributed by atoms with van der Waals surface area (Å²) in [7, 11) is 0. The Morgan fingerprint density at radius 2 is 1.00 bits per heavy atom. The number of urea groups is 2. The summed E-state index contributed by atoms with van der Waals surface area (Å²) in [5.74, 6) is -0.627. The van der Waals surface area contributed by atoms with Gasteiger partial charge in [-0.05, 0) is 0 Å². The fraction of sp³-hybridized carbons (Fsp3) is 0.600. The van der Waals surface area contributed by atoms with Gasteiger partial charge in [0.25, 0.3) is 0 Å². The third-order valence-electron chi connectivity index (χ3n) is 3.64. The molecule has 6 amide bonds. The predicted octanol–water partition coefficient (Wildman–Crippen LogP) is -2.37. The quantitative estimate of drug-likeness (QED) is 0.396. The molecule has 0 radical (unpaired) electrons. The molecule has 20 heavy (non-hydrogen) atoms. The van der Waals surface area contributed by atoms with Gasteiger partial charge in [0.1, 0.15) is 24.7 Å². The van der Waals surface area contributed by atoms with Gasteiger partial charge in [0.15, 0.2) is 0 Å². The van der Waals surface area contributed by atoms with Crippen molar-refractivity contribution in [2.24, 2.45) is 0 Å². The van der Waals surface area contributed by atoms with Crippen LogP contribution in [0.1, 0.15) is 13.8 Å². The molecule has 0 aromatic carbocycles. The normalized spacial score (nSPS) is 34.5. The molecule has 0 unspecified atom stereocenters. The van der Waals surface area contributed by atoms with Crippen molar-refractivity contribution in [3.8, 4) is 0 Å². The lowest BCUT2D eigenvalue weighted by Crippen LogP contribution is -2.74. The summed E-state index contributed by atoms with van der Waals surface area (Å²) in [5, 5.41) is 10.3. The van der Waals surface area contributed by atoms with Gasteiger partial charge in [0, 0.05) is 13.8 Å². The molecule has 0 bridgehead atoms. The lowest BCUT2D eigenvalue weighted by atomic mass is 10.1. The molecule has 3 aliphatic heterocycles. The molecule has 0 spiro atoms. The van der Waals surface area contributed by atoms with E-state index < -0.39 is 36.7 Å². The Kier molecular flexibility index (Phi) is 2.49. The minimum absolute atomic E-state index is 0.314. The summed E-state index contributed by atoms with van der Waals surface area (Å²) in [5.41, 5.74) is 0. The van der Waals surface area contributed by atoms with E-state index in [1.165, 1.54) is 23.6 Å². The highest BCUT2D eigenvalue weighted by atomic mass is 16.2. The van der Waals surface area contributed by atoms with Crippen LogP contribution in [0, 0.1) is 0 Å². The van der Waals surface area contributed by atoms with Crippen LogP contribution in [0.2, 0.25) is 0 Å². The number of hydrogen-bond donors (Lipinski definition) is 4. The third kappa shape index (κ3) is 1.57. The number of nitrogens with zero attached hydrogens (tertiary/aromatic N) is 2. The largest absolute Gasteiger partial charge is 0.318 e.